The zero-order valence-corrected chi connectivity index (χ0v) is 18.8. The Bertz CT molecular complexity index is 812. The lowest BCUT2D eigenvalue weighted by Crippen LogP contribution is -2.51. The molecule has 1 saturated heterocycles. The largest absolute Gasteiger partial charge is 0.482 e. The number of benzene rings is 1. The van der Waals surface area contributed by atoms with Crippen LogP contribution in [0.1, 0.15) is 10.4 Å². The SMILES string of the molecule is Cl.O=C(NCCN1CCN(C(=O)COc2ccc(Cl)cc2Cl)CC1)c1ccsc1. The number of thiophene rings is 1. The molecule has 158 valence electrons. The van der Waals surface area contributed by atoms with Crippen LogP contribution in [0, 0.1) is 0 Å². The minimum absolute atomic E-state index is 0. The van der Waals surface area contributed by atoms with Gasteiger partial charge in [0.15, 0.2) is 6.61 Å². The van der Waals surface area contributed by atoms with Gasteiger partial charge in [0.05, 0.1) is 5.02 Å². The van der Waals surface area contributed by atoms with Gasteiger partial charge < -0.3 is 15.0 Å². The number of halogens is 3. The first kappa shape index (κ1) is 23.8. The third-order valence-electron chi connectivity index (χ3n) is 4.47. The second kappa shape index (κ2) is 11.6. The Hall–Kier alpha value is -1.51. The van der Waals surface area contributed by atoms with E-state index in [1.807, 2.05) is 16.8 Å². The normalized spacial score (nSPS) is 14.2. The molecular weight excluding hydrogens is 457 g/mol. The van der Waals surface area contributed by atoms with E-state index in [0.29, 0.717) is 41.0 Å². The molecule has 2 heterocycles. The monoisotopic (exact) mass is 477 g/mol. The van der Waals surface area contributed by atoms with Gasteiger partial charge in [0.25, 0.3) is 11.8 Å². The summed E-state index contributed by atoms with van der Waals surface area (Å²) in [5, 5.41) is 7.54. The Morgan fingerprint density at radius 1 is 1.14 bits per heavy atom. The van der Waals surface area contributed by atoms with E-state index in [-0.39, 0.29) is 30.8 Å². The van der Waals surface area contributed by atoms with Crippen LogP contribution < -0.4 is 10.1 Å². The van der Waals surface area contributed by atoms with Gasteiger partial charge in [-0.2, -0.15) is 11.3 Å². The van der Waals surface area contributed by atoms with Gasteiger partial charge in [-0.1, -0.05) is 23.2 Å². The highest BCUT2D eigenvalue weighted by molar-refractivity contribution is 7.08. The molecule has 0 aliphatic carbocycles. The van der Waals surface area contributed by atoms with Gasteiger partial charge in [-0.05, 0) is 29.6 Å². The van der Waals surface area contributed by atoms with Crippen molar-refractivity contribution in [3.63, 3.8) is 0 Å². The molecule has 10 heteroatoms. The van der Waals surface area contributed by atoms with E-state index in [1.54, 1.807) is 23.1 Å². The number of carbonyl (C=O) groups is 2. The number of nitrogens with zero attached hydrogens (tertiary/aromatic N) is 2. The number of nitrogens with one attached hydrogen (secondary N) is 1. The second-order valence-corrected chi connectivity index (χ2v) is 7.98. The van der Waals surface area contributed by atoms with Crippen molar-refractivity contribution in [3.8, 4) is 5.75 Å². The standard InChI is InChI=1S/C19H21Cl2N3O3S.ClH/c20-15-1-2-17(16(21)11-15)27-12-18(25)24-8-6-23(7-9-24)5-4-22-19(26)14-3-10-28-13-14;/h1-3,10-11,13H,4-9,12H2,(H,22,26);1H. The van der Waals surface area contributed by atoms with Gasteiger partial charge in [-0.15, -0.1) is 12.4 Å². The van der Waals surface area contributed by atoms with E-state index in [2.05, 4.69) is 10.2 Å². The molecule has 29 heavy (non-hydrogen) atoms. The molecule has 0 bridgehead atoms. The summed E-state index contributed by atoms with van der Waals surface area (Å²) >= 11 is 13.4. The zero-order valence-electron chi connectivity index (χ0n) is 15.6. The van der Waals surface area contributed by atoms with Crippen molar-refractivity contribution in [1.29, 1.82) is 0 Å². The molecule has 0 radical (unpaired) electrons. The molecule has 1 aromatic heterocycles. The summed E-state index contributed by atoms with van der Waals surface area (Å²) in [6, 6.07) is 6.71. The lowest BCUT2D eigenvalue weighted by molar-refractivity contribution is -0.135. The molecular formula is C19H22Cl3N3O3S. The fraction of sp³-hybridized carbons (Fsp3) is 0.368. The van der Waals surface area contributed by atoms with Crippen LogP contribution in [0.3, 0.4) is 0 Å². The molecule has 6 nitrogen and oxygen atoms in total. The van der Waals surface area contributed by atoms with E-state index in [1.165, 1.54) is 11.3 Å². The fourth-order valence-electron chi connectivity index (χ4n) is 2.87. The fourth-order valence-corrected chi connectivity index (χ4v) is 3.97. The average molecular weight is 479 g/mol. The van der Waals surface area contributed by atoms with Gasteiger partial charge in [0.1, 0.15) is 5.75 Å². The van der Waals surface area contributed by atoms with Crippen molar-refractivity contribution in [3.05, 3.63) is 50.6 Å². The first-order chi connectivity index (χ1) is 13.5. The number of carbonyl (C=O) groups excluding carboxylic acids is 2. The molecule has 0 saturated carbocycles. The van der Waals surface area contributed by atoms with Crippen LogP contribution in [-0.2, 0) is 4.79 Å². The Balaban J connectivity index is 0.00000300. The van der Waals surface area contributed by atoms with Gasteiger partial charge >= 0.3 is 0 Å². The molecule has 3 rings (SSSR count). The van der Waals surface area contributed by atoms with Crippen molar-refractivity contribution in [2.24, 2.45) is 0 Å². The summed E-state index contributed by atoms with van der Waals surface area (Å²) in [7, 11) is 0. The minimum atomic E-state index is -0.0728. The van der Waals surface area contributed by atoms with Gasteiger partial charge in [-0.3, -0.25) is 14.5 Å². The van der Waals surface area contributed by atoms with Crippen LogP contribution >= 0.6 is 46.9 Å². The molecule has 1 aliphatic rings. The summed E-state index contributed by atoms with van der Waals surface area (Å²) in [4.78, 5) is 28.3. The predicted octanol–water partition coefficient (Wildman–Crippen LogP) is 3.43. The lowest BCUT2D eigenvalue weighted by atomic mass is 10.3. The highest BCUT2D eigenvalue weighted by Crippen LogP contribution is 2.27. The molecule has 1 aromatic carbocycles. The predicted molar refractivity (Wildman–Crippen MR) is 119 cm³/mol. The Morgan fingerprint density at radius 3 is 2.55 bits per heavy atom. The van der Waals surface area contributed by atoms with Crippen molar-refractivity contribution >= 4 is 58.8 Å². The van der Waals surface area contributed by atoms with E-state index in [0.717, 1.165) is 19.6 Å². The molecule has 1 N–H and O–H groups in total. The Labute approximate surface area is 190 Å². The molecule has 0 spiro atoms. The molecule has 1 fully saturated rings. The van der Waals surface area contributed by atoms with Crippen molar-refractivity contribution < 1.29 is 14.3 Å². The maximum atomic E-state index is 12.3. The maximum Gasteiger partial charge on any atom is 0.260 e. The van der Waals surface area contributed by atoms with Crippen LogP contribution in [0.15, 0.2) is 35.0 Å². The van der Waals surface area contributed by atoms with Gasteiger partial charge in [0.2, 0.25) is 0 Å². The first-order valence-electron chi connectivity index (χ1n) is 8.91. The van der Waals surface area contributed by atoms with Crippen LogP contribution in [0.2, 0.25) is 10.0 Å². The van der Waals surface area contributed by atoms with E-state index >= 15 is 0 Å². The summed E-state index contributed by atoms with van der Waals surface area (Å²) in [6.45, 7) is 4.08. The van der Waals surface area contributed by atoms with Crippen LogP contribution in [0.25, 0.3) is 0 Å². The van der Waals surface area contributed by atoms with Crippen molar-refractivity contribution in [2.75, 3.05) is 45.9 Å². The quantitative estimate of drug-likeness (QED) is 0.662. The maximum absolute atomic E-state index is 12.3. The number of ether oxygens (including phenoxy) is 1. The number of hydrogen-bond donors (Lipinski definition) is 1. The second-order valence-electron chi connectivity index (χ2n) is 6.35. The number of hydrogen-bond acceptors (Lipinski definition) is 5. The molecule has 0 unspecified atom stereocenters. The highest BCUT2D eigenvalue weighted by Gasteiger charge is 2.21. The van der Waals surface area contributed by atoms with Crippen molar-refractivity contribution in [1.82, 2.24) is 15.1 Å². The minimum Gasteiger partial charge on any atom is -0.482 e. The highest BCUT2D eigenvalue weighted by atomic mass is 35.5. The third-order valence-corrected chi connectivity index (χ3v) is 5.68. The van der Waals surface area contributed by atoms with E-state index in [4.69, 9.17) is 27.9 Å². The topological polar surface area (TPSA) is 61.9 Å². The summed E-state index contributed by atoms with van der Waals surface area (Å²) in [6.07, 6.45) is 0. The zero-order chi connectivity index (χ0) is 19.9. The Morgan fingerprint density at radius 2 is 1.90 bits per heavy atom. The lowest BCUT2D eigenvalue weighted by Gasteiger charge is -2.34. The molecule has 0 atom stereocenters. The van der Waals surface area contributed by atoms with Crippen LogP contribution in [-0.4, -0.2) is 67.5 Å². The number of rotatable bonds is 7. The number of amides is 2. The van der Waals surface area contributed by atoms with Crippen molar-refractivity contribution in [2.45, 2.75) is 0 Å². The van der Waals surface area contributed by atoms with E-state index in [9.17, 15) is 9.59 Å². The molecule has 2 aromatic rings. The smallest absolute Gasteiger partial charge is 0.260 e. The summed E-state index contributed by atoms with van der Waals surface area (Å²) < 4.78 is 5.52. The van der Waals surface area contributed by atoms with Gasteiger partial charge in [0, 0.05) is 55.2 Å². The summed E-state index contributed by atoms with van der Waals surface area (Å²) in [5.74, 6) is 0.323. The molecule has 2 amide bonds. The first-order valence-corrected chi connectivity index (χ1v) is 10.6. The van der Waals surface area contributed by atoms with Gasteiger partial charge in [-0.25, -0.2) is 0 Å². The summed E-state index contributed by atoms with van der Waals surface area (Å²) in [5.41, 5.74) is 0.696. The average Bonchev–Trinajstić information content (AvgIpc) is 3.22. The third kappa shape index (κ3) is 7.04. The Kier molecular flexibility index (Phi) is 9.52. The van der Waals surface area contributed by atoms with Crippen LogP contribution in [0.5, 0.6) is 5.75 Å². The molecule has 1 aliphatic heterocycles. The van der Waals surface area contributed by atoms with E-state index < -0.39 is 0 Å². The number of piperazine rings is 1. The van der Waals surface area contributed by atoms with Crippen LogP contribution in [0.4, 0.5) is 0 Å².